The number of nitrogens with two attached hydrogens (primary N) is 1. The second-order valence-corrected chi connectivity index (χ2v) is 11.4. The fraction of sp³-hybridized carbons (Fsp3) is 0.333. The number of Topliss-reactive ketones (excluding diaryl/α,β-unsaturated/α-hetero) is 1. The quantitative estimate of drug-likeness (QED) is 0.343. The summed E-state index contributed by atoms with van der Waals surface area (Å²) in [6.45, 7) is 6.10. The first-order valence-corrected chi connectivity index (χ1v) is 12.5. The number of allylic oxidation sites excluding steroid dienone is 3. The smallest absolute Gasteiger partial charge is 0.269 e. The summed E-state index contributed by atoms with van der Waals surface area (Å²) in [7, 11) is 0. The average molecular weight is 481 g/mol. The Balaban J connectivity index is 1.99. The number of non-ortho nitro benzene ring substituents is 1. The van der Waals surface area contributed by atoms with E-state index in [2.05, 4.69) is 6.07 Å². The third-order valence-corrected chi connectivity index (χ3v) is 8.26. The zero-order valence-corrected chi connectivity index (χ0v) is 20.5. The molecule has 2 heterocycles. The van der Waals surface area contributed by atoms with E-state index >= 15 is 0 Å². The normalized spacial score (nSPS) is 20.0. The van der Waals surface area contributed by atoms with Crippen LogP contribution in [-0.2, 0) is 4.79 Å². The second-order valence-electron chi connectivity index (χ2n) is 9.06. The summed E-state index contributed by atoms with van der Waals surface area (Å²) in [5.41, 5.74) is 9.54. The molecular formula is C24H24N4O3S2. The van der Waals surface area contributed by atoms with Gasteiger partial charge < -0.3 is 5.73 Å². The predicted octanol–water partition coefficient (Wildman–Crippen LogP) is 5.63. The number of rotatable bonds is 4. The molecule has 0 amide bonds. The van der Waals surface area contributed by atoms with Gasteiger partial charge in [-0.25, -0.2) is 0 Å². The van der Waals surface area contributed by atoms with Crippen LogP contribution in [0.3, 0.4) is 0 Å². The molecule has 0 fully saturated rings. The lowest BCUT2D eigenvalue weighted by Crippen LogP contribution is -2.42. The minimum Gasteiger partial charge on any atom is -0.384 e. The van der Waals surface area contributed by atoms with Crippen molar-refractivity contribution >= 4 is 40.3 Å². The Morgan fingerprint density at radius 3 is 2.55 bits per heavy atom. The highest BCUT2D eigenvalue weighted by atomic mass is 32.2. The minimum absolute atomic E-state index is 0.00863. The number of hydrogen-bond acceptors (Lipinski definition) is 8. The number of carbonyl (C=O) groups is 1. The molecule has 7 nitrogen and oxygen atoms in total. The Hall–Kier alpha value is -3.09. The topological polar surface area (TPSA) is 113 Å². The number of carbonyl (C=O) groups excluding carboxylic acids is 1. The van der Waals surface area contributed by atoms with Gasteiger partial charge in [-0.3, -0.25) is 19.8 Å². The Kier molecular flexibility index (Phi) is 5.85. The number of benzene rings is 1. The number of anilines is 1. The van der Waals surface area contributed by atoms with Crippen molar-refractivity contribution in [2.24, 2.45) is 11.1 Å². The van der Waals surface area contributed by atoms with Crippen LogP contribution in [0.1, 0.15) is 43.0 Å². The maximum atomic E-state index is 13.6. The molecule has 0 saturated carbocycles. The van der Waals surface area contributed by atoms with Gasteiger partial charge in [0.2, 0.25) is 0 Å². The largest absolute Gasteiger partial charge is 0.384 e. The van der Waals surface area contributed by atoms with Crippen LogP contribution in [0.25, 0.3) is 0 Å². The first-order chi connectivity index (χ1) is 15.6. The van der Waals surface area contributed by atoms with E-state index in [1.165, 1.54) is 12.1 Å². The summed E-state index contributed by atoms with van der Waals surface area (Å²) in [5.74, 6) is -0.249. The molecule has 33 heavy (non-hydrogen) atoms. The van der Waals surface area contributed by atoms with Gasteiger partial charge in [0, 0.05) is 40.4 Å². The van der Waals surface area contributed by atoms with Crippen molar-refractivity contribution in [1.82, 2.24) is 0 Å². The van der Waals surface area contributed by atoms with Gasteiger partial charge in [0.05, 0.1) is 26.7 Å². The third-order valence-electron chi connectivity index (χ3n) is 6.04. The highest BCUT2D eigenvalue weighted by Gasteiger charge is 2.45. The summed E-state index contributed by atoms with van der Waals surface area (Å²) < 4.78 is 1.06. The number of nitro benzene ring substituents is 1. The number of ketones is 1. The van der Waals surface area contributed by atoms with Crippen molar-refractivity contribution < 1.29 is 9.72 Å². The van der Waals surface area contributed by atoms with Crippen molar-refractivity contribution in [2.75, 3.05) is 11.2 Å². The lowest BCUT2D eigenvalue weighted by molar-refractivity contribution is -0.384. The van der Waals surface area contributed by atoms with Crippen LogP contribution < -0.4 is 10.6 Å². The number of nitrogens with zero attached hydrogens (tertiary/aromatic N) is 3. The van der Waals surface area contributed by atoms with E-state index in [1.807, 2.05) is 33.1 Å². The lowest BCUT2D eigenvalue weighted by atomic mass is 9.69. The Labute approximate surface area is 200 Å². The van der Waals surface area contributed by atoms with Crippen LogP contribution in [0.5, 0.6) is 0 Å². The SMILES string of the molecule is CSc1sc(C)cc1[C@H]1C(C#N)=C(N)N(c2ccc([N+](=O)[O-])cc2)C2=C1C(=O)CC(C)(C)C2. The summed E-state index contributed by atoms with van der Waals surface area (Å²) in [6, 6.07) is 10.4. The van der Waals surface area contributed by atoms with Gasteiger partial charge in [-0.2, -0.15) is 5.26 Å². The number of nitriles is 1. The highest BCUT2D eigenvalue weighted by Crippen LogP contribution is 2.52. The minimum atomic E-state index is -0.518. The fourth-order valence-corrected chi connectivity index (χ4v) is 6.62. The molecule has 0 radical (unpaired) electrons. The lowest BCUT2D eigenvalue weighted by Gasteiger charge is -2.43. The van der Waals surface area contributed by atoms with Crippen molar-refractivity contribution in [2.45, 2.75) is 43.7 Å². The van der Waals surface area contributed by atoms with Gasteiger partial charge in [-0.05, 0) is 48.8 Å². The number of nitro groups is 1. The molecule has 9 heteroatoms. The zero-order valence-electron chi connectivity index (χ0n) is 18.8. The molecule has 4 rings (SSSR count). The monoisotopic (exact) mass is 480 g/mol. The number of thioether (sulfide) groups is 1. The van der Waals surface area contributed by atoms with Gasteiger partial charge in [-0.1, -0.05) is 13.8 Å². The van der Waals surface area contributed by atoms with E-state index in [1.54, 1.807) is 40.1 Å². The summed E-state index contributed by atoms with van der Waals surface area (Å²) in [5, 5.41) is 21.3. The van der Waals surface area contributed by atoms with Gasteiger partial charge in [0.25, 0.3) is 5.69 Å². The van der Waals surface area contributed by atoms with Crippen molar-refractivity contribution in [3.8, 4) is 6.07 Å². The van der Waals surface area contributed by atoms with E-state index in [-0.39, 0.29) is 22.7 Å². The Morgan fingerprint density at radius 1 is 1.30 bits per heavy atom. The standard InChI is InChI=1S/C24H24N4O3S2/c1-13-9-16(23(32-4)33-13)20-17(12-25)22(26)27(14-5-7-15(8-6-14)28(30)31)18-10-24(2,3)11-19(29)21(18)20/h5-9,20H,10-11,26H2,1-4H3/t20-/m0/s1. The second kappa shape index (κ2) is 8.36. The predicted molar refractivity (Wildman–Crippen MR) is 131 cm³/mol. The first-order valence-electron chi connectivity index (χ1n) is 10.4. The van der Waals surface area contributed by atoms with Crippen LogP contribution in [0.2, 0.25) is 0 Å². The van der Waals surface area contributed by atoms with Crippen molar-refractivity contribution in [1.29, 1.82) is 5.26 Å². The van der Waals surface area contributed by atoms with Gasteiger partial charge in [0.1, 0.15) is 5.82 Å². The molecule has 2 N–H and O–H groups in total. The molecule has 0 bridgehead atoms. The molecule has 0 unspecified atom stereocenters. The van der Waals surface area contributed by atoms with Crippen LogP contribution in [0.4, 0.5) is 11.4 Å². The van der Waals surface area contributed by atoms with E-state index in [0.29, 0.717) is 29.7 Å². The molecule has 1 aliphatic heterocycles. The van der Waals surface area contributed by atoms with Crippen LogP contribution in [0.15, 0.2) is 57.2 Å². The maximum Gasteiger partial charge on any atom is 0.269 e. The number of thiophene rings is 1. The summed E-state index contributed by atoms with van der Waals surface area (Å²) >= 11 is 3.24. The molecule has 2 aromatic rings. The molecule has 0 spiro atoms. The number of hydrogen-bond donors (Lipinski definition) is 1. The first kappa shape index (κ1) is 23.1. The van der Waals surface area contributed by atoms with Crippen LogP contribution in [-0.4, -0.2) is 17.0 Å². The average Bonchev–Trinajstić information content (AvgIpc) is 3.12. The van der Waals surface area contributed by atoms with E-state index < -0.39 is 10.8 Å². The zero-order chi connectivity index (χ0) is 24.1. The van der Waals surface area contributed by atoms with E-state index in [4.69, 9.17) is 5.73 Å². The molecule has 1 aliphatic carbocycles. The van der Waals surface area contributed by atoms with Gasteiger partial charge >= 0.3 is 0 Å². The number of aryl methyl sites for hydroxylation is 1. The molecular weight excluding hydrogens is 456 g/mol. The van der Waals surface area contributed by atoms with E-state index in [0.717, 1.165) is 20.3 Å². The molecule has 1 aromatic carbocycles. The fourth-order valence-electron chi connectivity index (χ4n) is 4.71. The Morgan fingerprint density at radius 2 is 1.97 bits per heavy atom. The highest BCUT2D eigenvalue weighted by molar-refractivity contribution is 8.00. The molecule has 170 valence electrons. The summed E-state index contributed by atoms with van der Waals surface area (Å²) in [4.78, 5) is 27.1. The van der Waals surface area contributed by atoms with Gasteiger partial charge in [-0.15, -0.1) is 23.1 Å². The van der Waals surface area contributed by atoms with Gasteiger partial charge in [0.15, 0.2) is 5.78 Å². The Bertz CT molecular complexity index is 1270. The third kappa shape index (κ3) is 3.94. The molecule has 1 atom stereocenters. The van der Waals surface area contributed by atoms with E-state index in [9.17, 15) is 20.2 Å². The molecule has 1 aromatic heterocycles. The summed E-state index contributed by atoms with van der Waals surface area (Å²) in [6.07, 6.45) is 2.96. The van der Waals surface area contributed by atoms with Crippen molar-refractivity contribution in [3.63, 3.8) is 0 Å². The maximum absolute atomic E-state index is 13.6. The van der Waals surface area contributed by atoms with Crippen molar-refractivity contribution in [3.05, 3.63) is 73.6 Å². The molecule has 2 aliphatic rings. The van der Waals surface area contributed by atoms with Crippen LogP contribution in [0, 0.1) is 33.8 Å². The van der Waals surface area contributed by atoms with Crippen LogP contribution >= 0.6 is 23.1 Å². The molecule has 0 saturated heterocycles.